The normalized spacial score (nSPS) is 15.4. The molecule has 2 aromatic carbocycles. The number of hydrogen-bond donors (Lipinski definition) is 0. The molecule has 3 aromatic rings. The Morgan fingerprint density at radius 2 is 1.71 bits per heavy atom. The Hall–Kier alpha value is -1.06. The van der Waals surface area contributed by atoms with Gasteiger partial charge in [0.1, 0.15) is 4.90 Å². The number of piperazine rings is 1. The number of hydrogen-bond acceptors (Lipinski definition) is 5. The molecule has 2 heterocycles. The van der Waals surface area contributed by atoms with Crippen molar-refractivity contribution in [3.63, 3.8) is 0 Å². The first-order valence-corrected chi connectivity index (χ1v) is 13.2. The molecule has 11 heteroatoms. The summed E-state index contributed by atoms with van der Waals surface area (Å²) in [6.07, 6.45) is 0.605. The monoisotopic (exact) mass is 535 g/mol. The number of rotatable bonds is 5. The Balaban J connectivity index is 1.43. The van der Waals surface area contributed by atoms with Gasteiger partial charge < -0.3 is 4.90 Å². The zero-order valence-corrected chi connectivity index (χ0v) is 20.7. The number of nitrogens with zero attached hydrogens (tertiary/aromatic N) is 3. The Labute approximate surface area is 205 Å². The molecule has 1 aliphatic heterocycles. The fourth-order valence-corrected chi connectivity index (χ4v) is 6.84. The van der Waals surface area contributed by atoms with Crippen LogP contribution in [0.2, 0.25) is 20.1 Å². The summed E-state index contributed by atoms with van der Waals surface area (Å²) >= 11 is 25.9. The van der Waals surface area contributed by atoms with Crippen LogP contribution in [-0.2, 0) is 16.4 Å². The molecular weight excluding hydrogens is 520 g/mol. The van der Waals surface area contributed by atoms with Crippen LogP contribution in [0.3, 0.4) is 0 Å². The highest BCUT2D eigenvalue weighted by atomic mass is 35.5. The Morgan fingerprint density at radius 1 is 0.968 bits per heavy atom. The molecule has 0 spiro atoms. The number of halogens is 4. The highest BCUT2D eigenvalue weighted by Crippen LogP contribution is 2.32. The number of sulfonamides is 1. The van der Waals surface area contributed by atoms with E-state index in [9.17, 15) is 8.42 Å². The van der Waals surface area contributed by atoms with Gasteiger partial charge in [-0.2, -0.15) is 4.31 Å². The van der Waals surface area contributed by atoms with Gasteiger partial charge >= 0.3 is 0 Å². The van der Waals surface area contributed by atoms with E-state index in [-0.39, 0.29) is 14.9 Å². The molecule has 4 rings (SSSR count). The molecule has 0 unspecified atom stereocenters. The van der Waals surface area contributed by atoms with Crippen LogP contribution >= 0.6 is 57.7 Å². The Morgan fingerprint density at radius 3 is 2.42 bits per heavy atom. The van der Waals surface area contributed by atoms with Crippen LogP contribution in [0.5, 0.6) is 0 Å². The number of benzene rings is 2. The largest absolute Gasteiger partial charge is 0.345 e. The molecule has 0 bridgehead atoms. The first kappa shape index (κ1) is 23.1. The summed E-state index contributed by atoms with van der Waals surface area (Å²) in [4.78, 5) is 6.83. The van der Waals surface area contributed by atoms with Crippen molar-refractivity contribution >= 4 is 72.9 Å². The van der Waals surface area contributed by atoms with Gasteiger partial charge in [0.25, 0.3) is 0 Å². The van der Waals surface area contributed by atoms with Crippen LogP contribution < -0.4 is 4.90 Å². The molecule has 0 N–H and O–H groups in total. The van der Waals surface area contributed by atoms with E-state index in [0.717, 1.165) is 16.4 Å². The molecule has 1 aromatic heterocycles. The third-order valence-electron chi connectivity index (χ3n) is 4.97. The first-order chi connectivity index (χ1) is 14.8. The molecule has 0 aliphatic carbocycles. The number of thiazole rings is 1. The lowest BCUT2D eigenvalue weighted by molar-refractivity contribution is 0.384. The van der Waals surface area contributed by atoms with Gasteiger partial charge in [0.05, 0.1) is 15.7 Å². The maximum Gasteiger partial charge on any atom is 0.244 e. The summed E-state index contributed by atoms with van der Waals surface area (Å²) in [5.74, 6) is 0. The molecule has 0 radical (unpaired) electrons. The summed E-state index contributed by atoms with van der Waals surface area (Å²) in [6, 6.07) is 10.1. The summed E-state index contributed by atoms with van der Waals surface area (Å²) in [5, 5.41) is 4.34. The average molecular weight is 537 g/mol. The molecule has 31 heavy (non-hydrogen) atoms. The second kappa shape index (κ2) is 9.43. The van der Waals surface area contributed by atoms with Gasteiger partial charge in [-0.05, 0) is 29.8 Å². The van der Waals surface area contributed by atoms with Crippen molar-refractivity contribution in [3.8, 4) is 0 Å². The molecule has 1 fully saturated rings. The van der Waals surface area contributed by atoms with Crippen LogP contribution in [0.1, 0.15) is 11.3 Å². The molecular formula is C20H17Cl4N3O2S2. The Kier molecular flexibility index (Phi) is 7.03. The fourth-order valence-electron chi connectivity index (χ4n) is 3.32. The van der Waals surface area contributed by atoms with Gasteiger partial charge in [-0.3, -0.25) is 0 Å². The van der Waals surface area contributed by atoms with Crippen LogP contribution in [0, 0.1) is 0 Å². The molecule has 5 nitrogen and oxygen atoms in total. The first-order valence-electron chi connectivity index (χ1n) is 9.33. The zero-order chi connectivity index (χ0) is 22.2. The van der Waals surface area contributed by atoms with Gasteiger partial charge in [-0.1, -0.05) is 58.5 Å². The molecule has 1 saturated heterocycles. The van der Waals surface area contributed by atoms with E-state index in [1.54, 1.807) is 18.2 Å². The van der Waals surface area contributed by atoms with Crippen LogP contribution in [0.4, 0.5) is 5.13 Å². The van der Waals surface area contributed by atoms with Gasteiger partial charge in [-0.15, -0.1) is 11.3 Å². The zero-order valence-electron chi connectivity index (χ0n) is 16.1. The minimum absolute atomic E-state index is 0.0338. The van der Waals surface area contributed by atoms with Crippen molar-refractivity contribution in [2.24, 2.45) is 0 Å². The molecule has 0 atom stereocenters. The van der Waals surface area contributed by atoms with Gasteiger partial charge in [0.15, 0.2) is 5.13 Å². The van der Waals surface area contributed by atoms with Gasteiger partial charge in [0.2, 0.25) is 10.0 Å². The van der Waals surface area contributed by atoms with E-state index in [0.29, 0.717) is 42.6 Å². The van der Waals surface area contributed by atoms with Crippen LogP contribution in [0.15, 0.2) is 46.7 Å². The molecule has 0 saturated carbocycles. The van der Waals surface area contributed by atoms with E-state index in [1.807, 2.05) is 17.5 Å². The second-order valence-electron chi connectivity index (χ2n) is 6.98. The lowest BCUT2D eigenvalue weighted by atomic mass is 10.1. The summed E-state index contributed by atoms with van der Waals surface area (Å²) < 4.78 is 27.4. The third-order valence-corrected chi connectivity index (χ3v) is 9.38. The lowest BCUT2D eigenvalue weighted by Crippen LogP contribution is -2.48. The smallest absolute Gasteiger partial charge is 0.244 e. The second-order valence-corrected chi connectivity index (χ2v) is 11.3. The Bertz CT molecular complexity index is 1210. The van der Waals surface area contributed by atoms with Gasteiger partial charge in [-0.25, -0.2) is 13.4 Å². The predicted octanol–water partition coefficient (Wildman–Crippen LogP) is 5.86. The van der Waals surface area contributed by atoms with E-state index < -0.39 is 10.0 Å². The van der Waals surface area contributed by atoms with Crippen molar-refractivity contribution in [2.45, 2.75) is 11.3 Å². The van der Waals surface area contributed by atoms with Gasteiger partial charge in [0, 0.05) is 48.0 Å². The standard InChI is InChI=1S/C20H17Cl4N3O2S2/c21-14-5-4-13(17(23)11-14)10-15-12-30-20(25-15)26-6-8-27(9-7-26)31(28,29)18-3-1-2-16(22)19(18)24/h1-5,11-12H,6-10H2. The average Bonchev–Trinajstić information content (AvgIpc) is 3.21. The van der Waals surface area contributed by atoms with Crippen molar-refractivity contribution in [1.29, 1.82) is 0 Å². The highest BCUT2D eigenvalue weighted by molar-refractivity contribution is 7.89. The van der Waals surface area contributed by atoms with Crippen molar-refractivity contribution in [2.75, 3.05) is 31.1 Å². The summed E-state index contributed by atoms with van der Waals surface area (Å²) in [5.41, 5.74) is 1.86. The van der Waals surface area contributed by atoms with E-state index >= 15 is 0 Å². The maximum atomic E-state index is 13.0. The van der Waals surface area contributed by atoms with Crippen molar-refractivity contribution in [3.05, 3.63) is 73.1 Å². The SMILES string of the molecule is O=S(=O)(c1cccc(Cl)c1Cl)N1CCN(c2nc(Cc3ccc(Cl)cc3Cl)cs2)CC1. The van der Waals surface area contributed by atoms with E-state index in [1.165, 1.54) is 21.7 Å². The maximum absolute atomic E-state index is 13.0. The highest BCUT2D eigenvalue weighted by Gasteiger charge is 2.31. The minimum Gasteiger partial charge on any atom is -0.345 e. The summed E-state index contributed by atoms with van der Waals surface area (Å²) in [7, 11) is -3.72. The van der Waals surface area contributed by atoms with Crippen molar-refractivity contribution in [1.82, 2.24) is 9.29 Å². The number of anilines is 1. The quantitative estimate of drug-likeness (QED) is 0.410. The minimum atomic E-state index is -3.72. The molecule has 1 aliphatic rings. The topological polar surface area (TPSA) is 53.5 Å². The molecule has 0 amide bonds. The van der Waals surface area contributed by atoms with Crippen LogP contribution in [-0.4, -0.2) is 43.9 Å². The van der Waals surface area contributed by atoms with Crippen LogP contribution in [0.25, 0.3) is 0 Å². The number of aromatic nitrogens is 1. The van der Waals surface area contributed by atoms with E-state index in [4.69, 9.17) is 51.4 Å². The van der Waals surface area contributed by atoms with Crippen molar-refractivity contribution < 1.29 is 8.42 Å². The van der Waals surface area contributed by atoms with E-state index in [2.05, 4.69) is 4.90 Å². The third kappa shape index (κ3) is 4.98. The predicted molar refractivity (Wildman–Crippen MR) is 129 cm³/mol. The summed E-state index contributed by atoms with van der Waals surface area (Å²) in [6.45, 7) is 1.74. The fraction of sp³-hybridized carbons (Fsp3) is 0.250. The lowest BCUT2D eigenvalue weighted by Gasteiger charge is -2.34. The molecule has 164 valence electrons.